The average Bonchev–Trinajstić information content (AvgIpc) is 2.64. The van der Waals surface area contributed by atoms with Gasteiger partial charge in [-0.15, -0.1) is 12.4 Å². The second-order valence-corrected chi connectivity index (χ2v) is 5.45. The fourth-order valence-corrected chi connectivity index (χ4v) is 2.35. The molecule has 0 unspecified atom stereocenters. The number of ether oxygens (including phenoxy) is 1. The van der Waals surface area contributed by atoms with Gasteiger partial charge in [-0.3, -0.25) is 14.9 Å². The molecule has 8 heteroatoms. The lowest BCUT2D eigenvalue weighted by Gasteiger charge is -2.22. The molecule has 0 aliphatic carbocycles. The fourth-order valence-electron chi connectivity index (χ4n) is 2.35. The average molecular weight is 380 g/mol. The molecule has 0 aromatic heterocycles. The van der Waals surface area contributed by atoms with E-state index in [1.807, 2.05) is 30.3 Å². The summed E-state index contributed by atoms with van der Waals surface area (Å²) in [6.07, 6.45) is 0.726. The Morgan fingerprint density at radius 3 is 2.50 bits per heavy atom. The highest BCUT2D eigenvalue weighted by Gasteiger charge is 2.14. The monoisotopic (exact) mass is 379 g/mol. The van der Waals surface area contributed by atoms with E-state index in [4.69, 9.17) is 10.5 Å². The number of rotatable bonds is 9. The zero-order valence-corrected chi connectivity index (χ0v) is 15.1. The van der Waals surface area contributed by atoms with Crippen molar-refractivity contribution in [2.24, 2.45) is 5.73 Å². The molecule has 0 bridgehead atoms. The Balaban J connectivity index is 0.00000338. The molecule has 140 valence electrons. The third-order valence-electron chi connectivity index (χ3n) is 3.66. The van der Waals surface area contributed by atoms with Crippen molar-refractivity contribution in [3.8, 4) is 5.75 Å². The van der Waals surface area contributed by atoms with Gasteiger partial charge in [0, 0.05) is 25.7 Å². The third-order valence-corrected chi connectivity index (χ3v) is 3.66. The number of hydrogen-bond acceptors (Lipinski definition) is 5. The Hall–Kier alpha value is -2.64. The van der Waals surface area contributed by atoms with Gasteiger partial charge in [0.1, 0.15) is 5.75 Å². The quantitative estimate of drug-likeness (QED) is 0.533. The molecule has 0 aliphatic rings. The molecule has 0 aliphatic heterocycles. The van der Waals surface area contributed by atoms with Crippen LogP contribution < -0.4 is 10.5 Å². The van der Waals surface area contributed by atoms with E-state index >= 15 is 0 Å². The predicted molar refractivity (Wildman–Crippen MR) is 102 cm³/mol. The van der Waals surface area contributed by atoms with Crippen LogP contribution in [0.1, 0.15) is 5.56 Å². The summed E-state index contributed by atoms with van der Waals surface area (Å²) in [6, 6.07) is 15.6. The van der Waals surface area contributed by atoms with E-state index in [-0.39, 0.29) is 30.6 Å². The lowest BCUT2D eigenvalue weighted by atomic mass is 10.1. The van der Waals surface area contributed by atoms with Crippen LogP contribution in [0.25, 0.3) is 0 Å². The first-order valence-corrected chi connectivity index (χ1v) is 7.99. The lowest BCUT2D eigenvalue weighted by Crippen LogP contribution is -2.39. The van der Waals surface area contributed by atoms with E-state index in [0.717, 1.165) is 12.0 Å². The molecule has 0 atom stereocenters. The van der Waals surface area contributed by atoms with Crippen LogP contribution >= 0.6 is 12.4 Å². The van der Waals surface area contributed by atoms with Crippen molar-refractivity contribution in [1.29, 1.82) is 0 Å². The molecular formula is C18H22ClN3O4. The first-order chi connectivity index (χ1) is 12.1. The van der Waals surface area contributed by atoms with Gasteiger partial charge in [0.15, 0.2) is 6.61 Å². The molecule has 0 heterocycles. The van der Waals surface area contributed by atoms with E-state index in [2.05, 4.69) is 0 Å². The van der Waals surface area contributed by atoms with Crippen molar-refractivity contribution < 1.29 is 14.5 Å². The van der Waals surface area contributed by atoms with Gasteiger partial charge in [0.25, 0.3) is 11.6 Å². The number of nitrogens with two attached hydrogens (primary N) is 1. The van der Waals surface area contributed by atoms with E-state index < -0.39 is 4.92 Å². The molecule has 7 nitrogen and oxygen atoms in total. The normalized spacial score (nSPS) is 9.88. The Bertz CT molecular complexity index is 713. The summed E-state index contributed by atoms with van der Waals surface area (Å²) in [7, 11) is 0. The number of nitro groups is 1. The molecule has 2 aromatic rings. The maximum absolute atomic E-state index is 12.4. The molecule has 2 rings (SSSR count). The van der Waals surface area contributed by atoms with Crippen LogP contribution in [-0.2, 0) is 11.2 Å². The summed E-state index contributed by atoms with van der Waals surface area (Å²) in [6.45, 7) is 1.15. The molecule has 2 aromatic carbocycles. The van der Waals surface area contributed by atoms with Crippen molar-refractivity contribution in [3.63, 3.8) is 0 Å². The maximum atomic E-state index is 12.4. The SMILES string of the molecule is Cl.NCCN(CCc1ccccc1)C(=O)COc1cccc([N+](=O)[O-])c1. The number of amides is 1. The molecule has 0 spiro atoms. The van der Waals surface area contributed by atoms with Gasteiger partial charge < -0.3 is 15.4 Å². The number of carbonyl (C=O) groups is 1. The van der Waals surface area contributed by atoms with Crippen LogP contribution in [0.2, 0.25) is 0 Å². The highest BCUT2D eigenvalue weighted by molar-refractivity contribution is 5.85. The molecule has 0 radical (unpaired) electrons. The Labute approximate surface area is 158 Å². The highest BCUT2D eigenvalue weighted by atomic mass is 35.5. The van der Waals surface area contributed by atoms with Crippen molar-refractivity contribution in [2.75, 3.05) is 26.2 Å². The zero-order chi connectivity index (χ0) is 18.1. The Morgan fingerprint density at radius 1 is 1.12 bits per heavy atom. The molecule has 2 N–H and O–H groups in total. The first-order valence-electron chi connectivity index (χ1n) is 7.99. The van der Waals surface area contributed by atoms with Crippen LogP contribution in [0.15, 0.2) is 54.6 Å². The van der Waals surface area contributed by atoms with Crippen molar-refractivity contribution in [1.82, 2.24) is 4.90 Å². The topological polar surface area (TPSA) is 98.7 Å². The number of hydrogen-bond donors (Lipinski definition) is 1. The number of halogens is 1. The largest absolute Gasteiger partial charge is 0.484 e. The summed E-state index contributed by atoms with van der Waals surface area (Å²) in [5, 5.41) is 10.8. The molecule has 0 fully saturated rings. The van der Waals surface area contributed by atoms with Crippen molar-refractivity contribution in [3.05, 3.63) is 70.3 Å². The number of nitro benzene ring substituents is 1. The van der Waals surface area contributed by atoms with Gasteiger partial charge in [0.05, 0.1) is 11.0 Å². The number of non-ortho nitro benzene ring substituents is 1. The van der Waals surface area contributed by atoms with E-state index in [0.29, 0.717) is 25.4 Å². The summed E-state index contributed by atoms with van der Waals surface area (Å²) in [4.78, 5) is 24.3. The van der Waals surface area contributed by atoms with Crippen LogP contribution in [-0.4, -0.2) is 42.0 Å². The fraction of sp³-hybridized carbons (Fsp3) is 0.278. The number of carbonyl (C=O) groups excluding carboxylic acids is 1. The second-order valence-electron chi connectivity index (χ2n) is 5.45. The van der Waals surface area contributed by atoms with Gasteiger partial charge in [0.2, 0.25) is 0 Å². The van der Waals surface area contributed by atoms with E-state index in [9.17, 15) is 14.9 Å². The van der Waals surface area contributed by atoms with Crippen molar-refractivity contribution >= 4 is 24.0 Å². The summed E-state index contributed by atoms with van der Waals surface area (Å²) in [5.41, 5.74) is 6.65. The molecule has 0 saturated carbocycles. The predicted octanol–water partition coefficient (Wildman–Crippen LogP) is 2.43. The smallest absolute Gasteiger partial charge is 0.273 e. The van der Waals surface area contributed by atoms with Gasteiger partial charge >= 0.3 is 0 Å². The number of benzene rings is 2. The maximum Gasteiger partial charge on any atom is 0.273 e. The van der Waals surface area contributed by atoms with E-state index in [1.165, 1.54) is 18.2 Å². The van der Waals surface area contributed by atoms with Crippen molar-refractivity contribution in [2.45, 2.75) is 6.42 Å². The summed E-state index contributed by atoms with van der Waals surface area (Å²) in [5.74, 6) is 0.0891. The third kappa shape index (κ3) is 6.70. The van der Waals surface area contributed by atoms with E-state index in [1.54, 1.807) is 11.0 Å². The van der Waals surface area contributed by atoms with Gasteiger partial charge in [-0.1, -0.05) is 36.4 Å². The molecule has 0 saturated heterocycles. The molecular weight excluding hydrogens is 358 g/mol. The Morgan fingerprint density at radius 2 is 1.85 bits per heavy atom. The lowest BCUT2D eigenvalue weighted by molar-refractivity contribution is -0.384. The highest BCUT2D eigenvalue weighted by Crippen LogP contribution is 2.19. The zero-order valence-electron chi connectivity index (χ0n) is 14.2. The minimum absolute atomic E-state index is 0. The molecule has 26 heavy (non-hydrogen) atoms. The Kier molecular flexibility index (Phi) is 9.11. The van der Waals surface area contributed by atoms with Crippen LogP contribution in [0.5, 0.6) is 5.75 Å². The van der Waals surface area contributed by atoms with Gasteiger partial charge in [-0.2, -0.15) is 0 Å². The first kappa shape index (κ1) is 21.4. The van der Waals surface area contributed by atoms with Gasteiger partial charge in [-0.25, -0.2) is 0 Å². The standard InChI is InChI=1S/C18H21N3O4.ClH/c19-10-12-20(11-9-15-5-2-1-3-6-15)18(22)14-25-17-8-4-7-16(13-17)21(23)24;/h1-8,13H,9-12,14,19H2;1H. The minimum Gasteiger partial charge on any atom is -0.484 e. The van der Waals surface area contributed by atoms with Crippen LogP contribution in [0.3, 0.4) is 0 Å². The van der Waals surface area contributed by atoms with Crippen LogP contribution in [0.4, 0.5) is 5.69 Å². The minimum atomic E-state index is -0.505. The summed E-state index contributed by atoms with van der Waals surface area (Å²) >= 11 is 0. The second kappa shape index (κ2) is 11.1. The number of nitrogens with zero attached hydrogens (tertiary/aromatic N) is 2. The van der Waals surface area contributed by atoms with Gasteiger partial charge in [-0.05, 0) is 18.1 Å². The summed E-state index contributed by atoms with van der Waals surface area (Å²) < 4.78 is 5.40. The van der Waals surface area contributed by atoms with Crippen LogP contribution in [0, 0.1) is 10.1 Å². The molecule has 1 amide bonds.